The second kappa shape index (κ2) is 5.23. The van der Waals surface area contributed by atoms with Gasteiger partial charge in [-0.2, -0.15) is 0 Å². The Balaban J connectivity index is 2.22. The maximum Gasteiger partial charge on any atom is 0.189 e. The van der Waals surface area contributed by atoms with Crippen LogP contribution in [0.5, 0.6) is 0 Å². The van der Waals surface area contributed by atoms with E-state index in [4.69, 9.17) is 16.0 Å². The van der Waals surface area contributed by atoms with Crippen molar-refractivity contribution in [3.63, 3.8) is 0 Å². The minimum Gasteiger partial charge on any atom is -0.466 e. The molecule has 2 rings (SSSR count). The molecule has 0 saturated heterocycles. The van der Waals surface area contributed by atoms with Gasteiger partial charge in [0.05, 0.1) is 5.56 Å². The maximum absolute atomic E-state index is 12.0. The molecule has 0 spiro atoms. The van der Waals surface area contributed by atoms with Crippen LogP contribution < -0.4 is 0 Å². The van der Waals surface area contributed by atoms with Gasteiger partial charge in [-0.15, -0.1) is 0 Å². The summed E-state index contributed by atoms with van der Waals surface area (Å²) in [5.41, 5.74) is 1.42. The van der Waals surface area contributed by atoms with E-state index in [1.807, 2.05) is 25.1 Å². The summed E-state index contributed by atoms with van der Waals surface area (Å²) in [5.74, 6) is 1.30. The van der Waals surface area contributed by atoms with Gasteiger partial charge in [-0.3, -0.25) is 4.79 Å². The molecule has 2 nitrogen and oxygen atoms in total. The zero-order chi connectivity index (χ0) is 13.1. The lowest BCUT2D eigenvalue weighted by Crippen LogP contribution is -1.93. The molecule has 1 aromatic heterocycles. The van der Waals surface area contributed by atoms with E-state index in [2.05, 4.69) is 0 Å². The Morgan fingerprint density at radius 1 is 1.28 bits per heavy atom. The van der Waals surface area contributed by atoms with Crippen LogP contribution in [0.4, 0.5) is 0 Å². The number of hydrogen-bond donors (Lipinski definition) is 0. The third-order valence-electron chi connectivity index (χ3n) is 2.63. The number of rotatable bonds is 3. The lowest BCUT2D eigenvalue weighted by atomic mass is 10.1. The monoisotopic (exact) mass is 260 g/mol. The first-order valence-corrected chi connectivity index (χ1v) is 5.99. The van der Waals surface area contributed by atoms with Gasteiger partial charge in [-0.05, 0) is 43.7 Å². The predicted molar refractivity (Wildman–Crippen MR) is 73.0 cm³/mol. The number of halogens is 1. The van der Waals surface area contributed by atoms with Crippen molar-refractivity contribution >= 4 is 23.5 Å². The van der Waals surface area contributed by atoms with Gasteiger partial charge in [-0.1, -0.05) is 29.8 Å². The third kappa shape index (κ3) is 2.71. The van der Waals surface area contributed by atoms with Crippen LogP contribution in [0, 0.1) is 13.8 Å². The molecule has 0 bridgehead atoms. The Kier molecular flexibility index (Phi) is 3.68. The molecule has 0 fully saturated rings. The van der Waals surface area contributed by atoms with Crippen molar-refractivity contribution in [3.05, 3.63) is 64.1 Å². The summed E-state index contributed by atoms with van der Waals surface area (Å²) in [6, 6.07) is 9.13. The van der Waals surface area contributed by atoms with Crippen molar-refractivity contribution in [2.75, 3.05) is 0 Å². The van der Waals surface area contributed by atoms with Gasteiger partial charge >= 0.3 is 0 Å². The third-order valence-corrected chi connectivity index (χ3v) is 2.97. The Morgan fingerprint density at radius 3 is 2.61 bits per heavy atom. The fourth-order valence-electron chi connectivity index (χ4n) is 1.74. The van der Waals surface area contributed by atoms with Crippen LogP contribution in [0.2, 0.25) is 5.02 Å². The van der Waals surface area contributed by atoms with Crippen LogP contribution in [-0.2, 0) is 0 Å². The zero-order valence-corrected chi connectivity index (χ0v) is 11.0. The van der Waals surface area contributed by atoms with E-state index in [1.54, 1.807) is 25.1 Å². The number of aryl methyl sites for hydroxylation is 2. The lowest BCUT2D eigenvalue weighted by Gasteiger charge is -1.96. The highest BCUT2D eigenvalue weighted by atomic mass is 35.5. The number of hydrogen-bond acceptors (Lipinski definition) is 2. The normalized spacial score (nSPS) is 11.1. The molecule has 0 radical (unpaired) electrons. The van der Waals surface area contributed by atoms with Crippen LogP contribution in [-0.4, -0.2) is 5.78 Å². The number of carbonyl (C=O) groups excluding carboxylic acids is 1. The second-order valence-electron chi connectivity index (χ2n) is 4.05. The number of furan rings is 1. The summed E-state index contributed by atoms with van der Waals surface area (Å²) in [4.78, 5) is 12.0. The summed E-state index contributed by atoms with van der Waals surface area (Å²) >= 11 is 6.01. The van der Waals surface area contributed by atoms with Crippen molar-refractivity contribution in [2.45, 2.75) is 13.8 Å². The van der Waals surface area contributed by atoms with Gasteiger partial charge in [0.1, 0.15) is 11.5 Å². The Labute approximate surface area is 111 Å². The molecule has 0 aliphatic carbocycles. The molecule has 0 amide bonds. The SMILES string of the molecule is Cc1cc(C(=O)/C=C/c2ccccc2Cl)c(C)o1. The minimum atomic E-state index is -0.0794. The van der Waals surface area contributed by atoms with E-state index in [9.17, 15) is 4.79 Å². The summed E-state index contributed by atoms with van der Waals surface area (Å²) in [6.45, 7) is 3.60. The van der Waals surface area contributed by atoms with Gasteiger partial charge in [-0.25, -0.2) is 0 Å². The number of ketones is 1. The van der Waals surface area contributed by atoms with Gasteiger partial charge in [0, 0.05) is 5.02 Å². The topological polar surface area (TPSA) is 30.2 Å². The quantitative estimate of drug-likeness (QED) is 0.603. The van der Waals surface area contributed by atoms with Gasteiger partial charge in [0.15, 0.2) is 5.78 Å². The summed E-state index contributed by atoms with van der Waals surface area (Å²) in [6.07, 6.45) is 3.23. The van der Waals surface area contributed by atoms with E-state index in [0.29, 0.717) is 16.3 Å². The Bertz CT molecular complexity index is 609. The smallest absolute Gasteiger partial charge is 0.189 e. The van der Waals surface area contributed by atoms with E-state index >= 15 is 0 Å². The van der Waals surface area contributed by atoms with E-state index in [-0.39, 0.29) is 5.78 Å². The van der Waals surface area contributed by atoms with Crippen molar-refractivity contribution < 1.29 is 9.21 Å². The average Bonchev–Trinajstić information content (AvgIpc) is 2.67. The van der Waals surface area contributed by atoms with Crippen molar-refractivity contribution in [2.24, 2.45) is 0 Å². The lowest BCUT2D eigenvalue weighted by molar-refractivity contribution is 0.104. The average molecular weight is 261 g/mol. The van der Waals surface area contributed by atoms with Crippen LogP contribution in [0.3, 0.4) is 0 Å². The number of benzene rings is 1. The van der Waals surface area contributed by atoms with E-state index in [0.717, 1.165) is 11.3 Å². The van der Waals surface area contributed by atoms with Crippen LogP contribution in [0.15, 0.2) is 40.8 Å². The molecular formula is C15H13ClO2. The summed E-state index contributed by atoms with van der Waals surface area (Å²) in [5, 5.41) is 0.627. The summed E-state index contributed by atoms with van der Waals surface area (Å²) < 4.78 is 5.33. The molecule has 0 aliphatic heterocycles. The van der Waals surface area contributed by atoms with Crippen molar-refractivity contribution in [1.29, 1.82) is 0 Å². The highest BCUT2D eigenvalue weighted by Gasteiger charge is 2.10. The van der Waals surface area contributed by atoms with Gasteiger partial charge in [0.2, 0.25) is 0 Å². The van der Waals surface area contributed by atoms with Crippen LogP contribution >= 0.6 is 11.6 Å². The zero-order valence-electron chi connectivity index (χ0n) is 10.2. The molecule has 0 saturated carbocycles. The number of carbonyl (C=O) groups is 1. The molecule has 1 aromatic carbocycles. The number of allylic oxidation sites excluding steroid dienone is 1. The minimum absolute atomic E-state index is 0.0794. The first kappa shape index (κ1) is 12.7. The van der Waals surface area contributed by atoms with Gasteiger partial charge < -0.3 is 4.42 Å². The molecular weight excluding hydrogens is 248 g/mol. The molecule has 0 aliphatic rings. The predicted octanol–water partition coefficient (Wildman–Crippen LogP) is 4.45. The van der Waals surface area contributed by atoms with Crippen molar-refractivity contribution in [1.82, 2.24) is 0 Å². The van der Waals surface area contributed by atoms with E-state index in [1.165, 1.54) is 6.08 Å². The molecule has 3 heteroatoms. The molecule has 1 heterocycles. The molecule has 0 atom stereocenters. The first-order chi connectivity index (χ1) is 8.58. The highest BCUT2D eigenvalue weighted by Crippen LogP contribution is 2.18. The van der Waals surface area contributed by atoms with E-state index < -0.39 is 0 Å². The molecule has 92 valence electrons. The second-order valence-corrected chi connectivity index (χ2v) is 4.45. The molecule has 18 heavy (non-hydrogen) atoms. The Morgan fingerprint density at radius 2 is 2.00 bits per heavy atom. The standard InChI is InChI=1S/C15H13ClO2/c1-10-9-13(11(2)18-10)15(17)8-7-12-5-3-4-6-14(12)16/h3-9H,1-2H3/b8-7+. The Hall–Kier alpha value is -1.80. The van der Waals surface area contributed by atoms with Gasteiger partial charge in [0.25, 0.3) is 0 Å². The fraction of sp³-hybridized carbons (Fsp3) is 0.133. The fourth-order valence-corrected chi connectivity index (χ4v) is 1.94. The first-order valence-electron chi connectivity index (χ1n) is 5.62. The van der Waals surface area contributed by atoms with Crippen LogP contribution in [0.1, 0.15) is 27.4 Å². The maximum atomic E-state index is 12.0. The largest absolute Gasteiger partial charge is 0.466 e. The molecule has 0 unspecified atom stereocenters. The van der Waals surface area contributed by atoms with Crippen LogP contribution in [0.25, 0.3) is 6.08 Å². The summed E-state index contributed by atoms with van der Waals surface area (Å²) in [7, 11) is 0. The highest BCUT2D eigenvalue weighted by molar-refractivity contribution is 6.32. The molecule has 2 aromatic rings. The van der Waals surface area contributed by atoms with Crippen molar-refractivity contribution in [3.8, 4) is 0 Å². The molecule has 0 N–H and O–H groups in total.